The number of aryl methyl sites for hydroxylation is 1. The molecule has 0 bridgehead atoms. The number of likely N-dealkylation sites (tertiary alicyclic amines) is 1. The van der Waals surface area contributed by atoms with Gasteiger partial charge in [-0.15, -0.1) is 0 Å². The van der Waals surface area contributed by atoms with Crippen LogP contribution in [0.5, 0.6) is 0 Å². The smallest absolute Gasteiger partial charge is 0.319 e. The van der Waals surface area contributed by atoms with Gasteiger partial charge in [0.2, 0.25) is 0 Å². The minimum absolute atomic E-state index is 0.00634. The largest absolute Gasteiger partial charge is 0.331 e. The van der Waals surface area contributed by atoms with Gasteiger partial charge in [-0.3, -0.25) is 4.79 Å². The van der Waals surface area contributed by atoms with E-state index in [1.807, 2.05) is 42.2 Å². The van der Waals surface area contributed by atoms with Crippen molar-refractivity contribution in [3.63, 3.8) is 0 Å². The number of nitrogens with zero attached hydrogens (tertiary/aromatic N) is 5. The molecule has 1 saturated heterocycles. The van der Waals surface area contributed by atoms with Gasteiger partial charge in [0, 0.05) is 32.7 Å². The molecule has 28 heavy (non-hydrogen) atoms. The van der Waals surface area contributed by atoms with Gasteiger partial charge < -0.3 is 14.7 Å². The molecule has 4 rings (SSSR count). The molecule has 2 aliphatic rings. The second kappa shape index (κ2) is 6.65. The maximum atomic E-state index is 13.5. The molecule has 3 heterocycles. The Morgan fingerprint density at radius 3 is 2.39 bits per heavy atom. The summed E-state index contributed by atoms with van der Waals surface area (Å²) in [5, 5.41) is 4.69. The highest BCUT2D eigenvalue weighted by atomic mass is 16.2. The van der Waals surface area contributed by atoms with Crippen LogP contribution >= 0.6 is 0 Å². The lowest BCUT2D eigenvalue weighted by Crippen LogP contribution is -2.63. The highest BCUT2D eigenvalue weighted by Crippen LogP contribution is 2.43. The molecule has 1 aromatic carbocycles. The number of aromatic nitrogens is 2. The third-order valence-electron chi connectivity index (χ3n) is 5.68. The standard InChI is InChI=1S/C21H27N5O2/c1-13(2)18-17-14(3)22-26(15-9-7-6-8-10-15)19(17)20(27)25(18)16-11-24(12-16)21(28)23(4)5/h6-10,13,16,18H,11-12H2,1-5H3. The molecular formula is C21H27N5O2. The first-order chi connectivity index (χ1) is 13.3. The van der Waals surface area contributed by atoms with Crippen LogP contribution in [0.25, 0.3) is 5.69 Å². The second-order valence-electron chi connectivity index (χ2n) is 8.23. The van der Waals surface area contributed by atoms with E-state index in [4.69, 9.17) is 0 Å². The molecule has 148 valence electrons. The van der Waals surface area contributed by atoms with Gasteiger partial charge in [-0.1, -0.05) is 32.0 Å². The number of carbonyl (C=O) groups is 2. The van der Waals surface area contributed by atoms with Gasteiger partial charge in [-0.2, -0.15) is 5.10 Å². The zero-order valence-corrected chi connectivity index (χ0v) is 17.1. The van der Waals surface area contributed by atoms with Gasteiger partial charge in [0.1, 0.15) is 5.69 Å². The van der Waals surface area contributed by atoms with Crippen molar-refractivity contribution in [3.05, 3.63) is 47.3 Å². The van der Waals surface area contributed by atoms with Crippen molar-refractivity contribution in [2.75, 3.05) is 27.2 Å². The van der Waals surface area contributed by atoms with Crippen molar-refractivity contribution in [1.82, 2.24) is 24.5 Å². The van der Waals surface area contributed by atoms with E-state index in [1.54, 1.807) is 28.6 Å². The summed E-state index contributed by atoms with van der Waals surface area (Å²) in [5.74, 6) is 0.274. The fourth-order valence-electron chi connectivity index (χ4n) is 4.36. The average Bonchev–Trinajstić information content (AvgIpc) is 3.11. The van der Waals surface area contributed by atoms with Gasteiger partial charge >= 0.3 is 6.03 Å². The monoisotopic (exact) mass is 381 g/mol. The lowest BCUT2D eigenvalue weighted by Gasteiger charge is -2.47. The van der Waals surface area contributed by atoms with Crippen molar-refractivity contribution in [2.24, 2.45) is 5.92 Å². The van der Waals surface area contributed by atoms with Gasteiger partial charge in [-0.25, -0.2) is 9.48 Å². The molecule has 1 atom stereocenters. The number of hydrogen-bond acceptors (Lipinski definition) is 3. The van der Waals surface area contributed by atoms with Crippen LogP contribution < -0.4 is 0 Å². The predicted molar refractivity (Wildman–Crippen MR) is 106 cm³/mol. The normalized spacial score (nSPS) is 19.2. The van der Waals surface area contributed by atoms with Gasteiger partial charge in [0.05, 0.1) is 23.5 Å². The van der Waals surface area contributed by atoms with Gasteiger partial charge in [0.15, 0.2) is 0 Å². The van der Waals surface area contributed by atoms with E-state index >= 15 is 0 Å². The Hall–Kier alpha value is -2.83. The minimum atomic E-state index is -0.0124. The summed E-state index contributed by atoms with van der Waals surface area (Å²) in [6.07, 6.45) is 0. The molecule has 1 unspecified atom stereocenters. The molecule has 7 heteroatoms. The fraction of sp³-hybridized carbons (Fsp3) is 0.476. The van der Waals surface area contributed by atoms with Crippen LogP contribution in [0, 0.1) is 12.8 Å². The summed E-state index contributed by atoms with van der Waals surface area (Å²) in [5.41, 5.74) is 3.48. The Balaban J connectivity index is 1.69. The number of carbonyl (C=O) groups excluding carboxylic acids is 2. The lowest BCUT2D eigenvalue weighted by molar-refractivity contribution is 0.0163. The Labute approximate surface area is 165 Å². The zero-order chi connectivity index (χ0) is 20.2. The van der Waals surface area contributed by atoms with E-state index in [0.29, 0.717) is 18.8 Å². The van der Waals surface area contributed by atoms with Crippen LogP contribution in [-0.4, -0.2) is 69.6 Å². The van der Waals surface area contributed by atoms with Crippen LogP contribution in [-0.2, 0) is 0 Å². The zero-order valence-electron chi connectivity index (χ0n) is 17.1. The first-order valence-electron chi connectivity index (χ1n) is 9.75. The van der Waals surface area contributed by atoms with Crippen LogP contribution in [0.4, 0.5) is 4.79 Å². The van der Waals surface area contributed by atoms with Crippen LogP contribution in [0.3, 0.4) is 0 Å². The molecule has 2 aromatic rings. The molecule has 1 aromatic heterocycles. The molecule has 0 aliphatic carbocycles. The number of benzene rings is 1. The van der Waals surface area contributed by atoms with Crippen molar-refractivity contribution in [2.45, 2.75) is 32.9 Å². The maximum Gasteiger partial charge on any atom is 0.319 e. The van der Waals surface area contributed by atoms with Crippen LogP contribution in [0.15, 0.2) is 30.3 Å². The molecule has 1 fully saturated rings. The number of urea groups is 1. The van der Waals surface area contributed by atoms with E-state index < -0.39 is 0 Å². The predicted octanol–water partition coefficient (Wildman–Crippen LogP) is 2.70. The molecule has 3 amide bonds. The molecule has 0 N–H and O–H groups in total. The topological polar surface area (TPSA) is 61.7 Å². The quantitative estimate of drug-likeness (QED) is 0.821. The Morgan fingerprint density at radius 2 is 1.82 bits per heavy atom. The third kappa shape index (κ3) is 2.68. The van der Waals surface area contributed by atoms with Crippen molar-refractivity contribution < 1.29 is 9.59 Å². The van der Waals surface area contributed by atoms with E-state index in [2.05, 4.69) is 18.9 Å². The fourth-order valence-corrected chi connectivity index (χ4v) is 4.36. The molecule has 0 saturated carbocycles. The highest BCUT2D eigenvalue weighted by Gasteiger charge is 2.50. The summed E-state index contributed by atoms with van der Waals surface area (Å²) in [6.45, 7) is 7.41. The second-order valence-corrected chi connectivity index (χ2v) is 8.23. The molecule has 7 nitrogen and oxygen atoms in total. The highest BCUT2D eigenvalue weighted by molar-refractivity contribution is 5.99. The van der Waals surface area contributed by atoms with E-state index in [0.717, 1.165) is 16.9 Å². The van der Waals surface area contributed by atoms with E-state index in [-0.39, 0.29) is 29.9 Å². The average molecular weight is 381 g/mol. The Morgan fingerprint density at radius 1 is 1.18 bits per heavy atom. The van der Waals surface area contributed by atoms with Gasteiger partial charge in [-0.05, 0) is 25.0 Å². The van der Waals surface area contributed by atoms with Crippen LogP contribution in [0.2, 0.25) is 0 Å². The minimum Gasteiger partial charge on any atom is -0.331 e. The Kier molecular flexibility index (Phi) is 4.40. The summed E-state index contributed by atoms with van der Waals surface area (Å²) >= 11 is 0. The third-order valence-corrected chi connectivity index (χ3v) is 5.68. The summed E-state index contributed by atoms with van der Waals surface area (Å²) in [6, 6.07) is 9.81. The van der Waals surface area contributed by atoms with Crippen LogP contribution in [0.1, 0.15) is 41.6 Å². The number of fused-ring (bicyclic) bond motifs is 1. The molecule has 0 radical (unpaired) electrons. The number of hydrogen-bond donors (Lipinski definition) is 0. The van der Waals surface area contributed by atoms with Crippen molar-refractivity contribution in [3.8, 4) is 5.69 Å². The number of rotatable bonds is 3. The van der Waals surface area contributed by atoms with E-state index in [9.17, 15) is 9.59 Å². The summed E-state index contributed by atoms with van der Waals surface area (Å²) < 4.78 is 1.78. The Bertz CT molecular complexity index is 912. The van der Waals surface area contributed by atoms with Gasteiger partial charge in [0.25, 0.3) is 5.91 Å². The SMILES string of the molecule is Cc1nn(-c2ccccc2)c2c1C(C(C)C)N(C1CN(C(=O)N(C)C)C1)C2=O. The van der Waals surface area contributed by atoms with E-state index in [1.165, 1.54) is 0 Å². The maximum absolute atomic E-state index is 13.5. The molecule has 0 spiro atoms. The number of amides is 3. The summed E-state index contributed by atoms with van der Waals surface area (Å²) in [7, 11) is 3.50. The first kappa shape index (κ1) is 18.5. The van der Waals surface area contributed by atoms with Crippen molar-refractivity contribution in [1.29, 1.82) is 0 Å². The molecule has 2 aliphatic heterocycles. The lowest BCUT2D eigenvalue weighted by atomic mass is 9.94. The summed E-state index contributed by atoms with van der Waals surface area (Å²) in [4.78, 5) is 31.0. The van der Waals surface area contributed by atoms with Crippen molar-refractivity contribution >= 4 is 11.9 Å². The molecular weight excluding hydrogens is 354 g/mol. The number of para-hydroxylation sites is 1. The first-order valence-corrected chi connectivity index (χ1v) is 9.75.